The van der Waals surface area contributed by atoms with Gasteiger partial charge < -0.3 is 20.0 Å². The Labute approximate surface area is 186 Å². The fourth-order valence-corrected chi connectivity index (χ4v) is 3.84. The maximum atomic E-state index is 12.3. The van der Waals surface area contributed by atoms with Gasteiger partial charge in [0.1, 0.15) is 5.82 Å². The van der Waals surface area contributed by atoms with Gasteiger partial charge in [-0.2, -0.15) is 0 Å². The molecule has 0 radical (unpaired) electrons. The molecule has 1 aromatic carbocycles. The Morgan fingerprint density at radius 1 is 1.13 bits per heavy atom. The molecule has 1 amide bonds. The van der Waals surface area contributed by atoms with Crippen LogP contribution in [0.4, 0.5) is 11.8 Å². The topological polar surface area (TPSA) is 77.5 Å². The fraction of sp³-hybridized carbons (Fsp3) is 0.364. The van der Waals surface area contributed by atoms with Crippen molar-refractivity contribution in [3.63, 3.8) is 0 Å². The van der Waals surface area contributed by atoms with E-state index in [1.165, 1.54) is 0 Å². The zero-order valence-corrected chi connectivity index (χ0v) is 18.5. The maximum absolute atomic E-state index is 12.3. The lowest BCUT2D eigenvalue weighted by molar-refractivity contribution is -0.132. The van der Waals surface area contributed by atoms with Crippen molar-refractivity contribution in [2.45, 2.75) is 6.54 Å². The molecule has 8 nitrogen and oxygen atoms in total. The van der Waals surface area contributed by atoms with Crippen LogP contribution in [0.3, 0.4) is 0 Å². The molecule has 0 atom stereocenters. The van der Waals surface area contributed by atoms with Gasteiger partial charge in [0.05, 0.1) is 17.4 Å². The molecule has 9 heteroatoms. The highest BCUT2D eigenvalue weighted by atomic mass is 35.5. The monoisotopic (exact) mass is 439 g/mol. The highest BCUT2D eigenvalue weighted by Gasteiger charge is 2.23. The summed E-state index contributed by atoms with van der Waals surface area (Å²) in [6.07, 6.45) is 3.58. The van der Waals surface area contributed by atoms with Crippen molar-refractivity contribution >= 4 is 40.2 Å². The van der Waals surface area contributed by atoms with E-state index < -0.39 is 0 Å². The molecule has 0 aliphatic carbocycles. The van der Waals surface area contributed by atoms with Gasteiger partial charge in [-0.3, -0.25) is 4.79 Å². The van der Waals surface area contributed by atoms with Crippen molar-refractivity contribution in [2.24, 2.45) is 0 Å². The number of nitrogens with zero attached hydrogens (tertiary/aromatic N) is 6. The van der Waals surface area contributed by atoms with E-state index in [4.69, 9.17) is 11.6 Å². The SMILES string of the molecule is CN(C)CC(=O)N1CCN(c2nccc3nc(NCc4ccccc4Cl)ncc23)CC1. The summed E-state index contributed by atoms with van der Waals surface area (Å²) in [5.41, 5.74) is 1.82. The second kappa shape index (κ2) is 9.45. The van der Waals surface area contributed by atoms with E-state index in [0.29, 0.717) is 37.1 Å². The Bertz CT molecular complexity index is 1070. The fourth-order valence-electron chi connectivity index (χ4n) is 3.63. The normalized spacial score (nSPS) is 14.3. The van der Waals surface area contributed by atoms with E-state index >= 15 is 0 Å². The summed E-state index contributed by atoms with van der Waals surface area (Å²) in [6.45, 7) is 3.82. The number of hydrogen-bond donors (Lipinski definition) is 1. The molecule has 31 heavy (non-hydrogen) atoms. The zero-order valence-electron chi connectivity index (χ0n) is 17.8. The molecule has 0 spiro atoms. The summed E-state index contributed by atoms with van der Waals surface area (Å²) in [5, 5.41) is 4.85. The van der Waals surface area contributed by atoms with Crippen LogP contribution >= 0.6 is 11.6 Å². The number of amides is 1. The minimum atomic E-state index is 0.160. The van der Waals surface area contributed by atoms with E-state index in [1.807, 2.05) is 60.4 Å². The van der Waals surface area contributed by atoms with Gasteiger partial charge in [-0.15, -0.1) is 0 Å². The number of benzene rings is 1. The molecule has 0 bridgehead atoms. The summed E-state index contributed by atoms with van der Waals surface area (Å²) in [6, 6.07) is 9.59. The molecule has 1 N–H and O–H groups in total. The standard InChI is InChI=1S/C22H26ClN7O/c1-28(2)15-20(31)29-9-11-30(12-10-29)21-17-14-26-22(27-19(17)7-8-24-21)25-13-16-5-3-4-6-18(16)23/h3-8,14H,9-13,15H2,1-2H3,(H,25,26,27). The van der Waals surface area contributed by atoms with Crippen LogP contribution in [0.25, 0.3) is 10.9 Å². The van der Waals surface area contributed by atoms with Crippen LogP contribution in [-0.2, 0) is 11.3 Å². The predicted octanol–water partition coefficient (Wildman–Crippen LogP) is 2.50. The Balaban J connectivity index is 1.45. The highest BCUT2D eigenvalue weighted by molar-refractivity contribution is 6.31. The van der Waals surface area contributed by atoms with Gasteiger partial charge in [0.2, 0.25) is 11.9 Å². The number of pyridine rings is 1. The summed E-state index contributed by atoms with van der Waals surface area (Å²) >= 11 is 6.23. The largest absolute Gasteiger partial charge is 0.352 e. The van der Waals surface area contributed by atoms with Gasteiger partial charge in [-0.25, -0.2) is 15.0 Å². The first kappa shape index (κ1) is 21.3. The van der Waals surface area contributed by atoms with Gasteiger partial charge >= 0.3 is 0 Å². The molecule has 4 rings (SSSR count). The van der Waals surface area contributed by atoms with E-state index in [9.17, 15) is 4.79 Å². The van der Waals surface area contributed by atoms with Crippen LogP contribution < -0.4 is 10.2 Å². The Kier molecular flexibility index (Phi) is 6.48. The Morgan fingerprint density at radius 2 is 1.90 bits per heavy atom. The number of hydrogen-bond acceptors (Lipinski definition) is 7. The molecule has 0 saturated carbocycles. The van der Waals surface area contributed by atoms with Crippen molar-refractivity contribution in [3.05, 3.63) is 53.3 Å². The van der Waals surface area contributed by atoms with Crippen LogP contribution in [0.15, 0.2) is 42.7 Å². The van der Waals surface area contributed by atoms with Crippen LogP contribution in [0.5, 0.6) is 0 Å². The molecule has 1 aliphatic rings. The van der Waals surface area contributed by atoms with E-state index in [0.717, 1.165) is 35.4 Å². The minimum Gasteiger partial charge on any atom is -0.352 e. The third kappa shape index (κ3) is 5.03. The second-order valence-electron chi connectivity index (χ2n) is 7.81. The van der Waals surface area contributed by atoms with Gasteiger partial charge in [0.25, 0.3) is 0 Å². The number of anilines is 2. The number of rotatable bonds is 6. The second-order valence-corrected chi connectivity index (χ2v) is 8.22. The summed E-state index contributed by atoms with van der Waals surface area (Å²) in [4.78, 5) is 32.0. The van der Waals surface area contributed by atoms with Crippen LogP contribution in [0, 0.1) is 0 Å². The third-order valence-electron chi connectivity index (χ3n) is 5.27. The molecule has 0 unspecified atom stereocenters. The van der Waals surface area contributed by atoms with Gasteiger partial charge in [-0.05, 0) is 31.8 Å². The number of halogens is 1. The first-order valence-electron chi connectivity index (χ1n) is 10.3. The Hall–Kier alpha value is -2.97. The molecule has 2 aromatic heterocycles. The summed E-state index contributed by atoms with van der Waals surface area (Å²) in [5.74, 6) is 1.56. The first-order chi connectivity index (χ1) is 15.0. The van der Waals surface area contributed by atoms with Crippen molar-refractivity contribution in [1.29, 1.82) is 0 Å². The third-order valence-corrected chi connectivity index (χ3v) is 5.64. The molecule has 1 aliphatic heterocycles. The zero-order chi connectivity index (χ0) is 21.8. The molecule has 162 valence electrons. The van der Waals surface area contributed by atoms with Crippen molar-refractivity contribution in [2.75, 3.05) is 57.0 Å². The molecule has 3 aromatic rings. The number of likely N-dealkylation sites (N-methyl/N-ethyl adjacent to an activating group) is 1. The minimum absolute atomic E-state index is 0.160. The van der Waals surface area contributed by atoms with Gasteiger partial charge in [-0.1, -0.05) is 29.8 Å². The van der Waals surface area contributed by atoms with Crippen LogP contribution in [-0.4, -0.2) is 77.5 Å². The summed E-state index contributed by atoms with van der Waals surface area (Å²) in [7, 11) is 3.82. The molecular weight excluding hydrogens is 414 g/mol. The summed E-state index contributed by atoms with van der Waals surface area (Å²) < 4.78 is 0. The average Bonchev–Trinajstić information content (AvgIpc) is 2.77. The average molecular weight is 440 g/mol. The van der Waals surface area contributed by atoms with E-state index in [2.05, 4.69) is 25.2 Å². The van der Waals surface area contributed by atoms with Crippen molar-refractivity contribution < 1.29 is 4.79 Å². The quantitative estimate of drug-likeness (QED) is 0.632. The Morgan fingerprint density at radius 3 is 2.65 bits per heavy atom. The lowest BCUT2D eigenvalue weighted by Crippen LogP contribution is -2.51. The number of fused-ring (bicyclic) bond motifs is 1. The van der Waals surface area contributed by atoms with Gasteiger partial charge in [0.15, 0.2) is 0 Å². The van der Waals surface area contributed by atoms with Crippen molar-refractivity contribution in [3.8, 4) is 0 Å². The predicted molar refractivity (Wildman–Crippen MR) is 123 cm³/mol. The van der Waals surface area contributed by atoms with Crippen molar-refractivity contribution in [1.82, 2.24) is 24.8 Å². The number of nitrogens with one attached hydrogen (secondary N) is 1. The lowest BCUT2D eigenvalue weighted by atomic mass is 10.2. The smallest absolute Gasteiger partial charge is 0.236 e. The van der Waals surface area contributed by atoms with Crippen LogP contribution in [0.2, 0.25) is 5.02 Å². The van der Waals surface area contributed by atoms with Crippen LogP contribution in [0.1, 0.15) is 5.56 Å². The van der Waals surface area contributed by atoms with Gasteiger partial charge in [0, 0.05) is 50.1 Å². The number of aromatic nitrogens is 3. The highest BCUT2D eigenvalue weighted by Crippen LogP contribution is 2.25. The molecule has 3 heterocycles. The van der Waals surface area contributed by atoms with E-state index in [-0.39, 0.29) is 5.91 Å². The molecule has 1 saturated heterocycles. The first-order valence-corrected chi connectivity index (χ1v) is 10.7. The molecular formula is C22H26ClN7O. The number of carbonyl (C=O) groups excluding carboxylic acids is 1. The number of carbonyl (C=O) groups is 1. The van der Waals surface area contributed by atoms with E-state index in [1.54, 1.807) is 6.20 Å². The lowest BCUT2D eigenvalue weighted by Gasteiger charge is -2.36. The molecule has 1 fully saturated rings. The maximum Gasteiger partial charge on any atom is 0.236 e. The number of piperazine rings is 1.